The number of nitrogens with two attached hydrogens (primary N) is 1. The molecule has 23 heavy (non-hydrogen) atoms. The van der Waals surface area contributed by atoms with Gasteiger partial charge in [-0.05, 0) is 35.9 Å². The number of amides is 1. The minimum Gasteiger partial charge on any atom is -0.381 e. The number of carbonyl (C=O) groups is 1. The fourth-order valence-corrected chi connectivity index (χ4v) is 2.44. The molecule has 0 saturated heterocycles. The molecule has 3 rings (SSSR count). The lowest BCUT2D eigenvalue weighted by Crippen LogP contribution is -2.11. The van der Waals surface area contributed by atoms with Crippen LogP contribution < -0.4 is 11.1 Å². The highest BCUT2D eigenvalue weighted by Crippen LogP contribution is 2.24. The van der Waals surface area contributed by atoms with E-state index >= 15 is 0 Å². The van der Waals surface area contributed by atoms with Gasteiger partial charge >= 0.3 is 0 Å². The van der Waals surface area contributed by atoms with Crippen molar-refractivity contribution in [2.24, 2.45) is 5.73 Å². The largest absolute Gasteiger partial charge is 0.381 e. The molecule has 0 fully saturated rings. The van der Waals surface area contributed by atoms with Crippen LogP contribution in [0, 0.1) is 0 Å². The van der Waals surface area contributed by atoms with E-state index in [2.05, 4.69) is 15.4 Å². The zero-order chi connectivity index (χ0) is 16.2. The van der Waals surface area contributed by atoms with Crippen molar-refractivity contribution < 1.29 is 4.79 Å². The van der Waals surface area contributed by atoms with Gasteiger partial charge in [-0.25, -0.2) is 9.67 Å². The van der Waals surface area contributed by atoms with Crippen LogP contribution in [0.2, 0.25) is 5.02 Å². The normalized spacial score (nSPS) is 10.5. The number of hydrogen-bond donors (Lipinski definition) is 2. The van der Waals surface area contributed by atoms with Crippen molar-refractivity contribution in [2.45, 2.75) is 6.54 Å². The molecule has 0 aliphatic heterocycles. The number of rotatable bonds is 5. The number of carbonyl (C=O) groups excluding carboxylic acids is 1. The second-order valence-corrected chi connectivity index (χ2v) is 5.33. The molecule has 0 atom stereocenters. The third kappa shape index (κ3) is 3.49. The number of aromatic nitrogens is 3. The number of benzene rings is 2. The fourth-order valence-electron chi connectivity index (χ4n) is 2.17. The Balaban J connectivity index is 1.73. The molecule has 1 aromatic heterocycles. The number of primary amides is 1. The van der Waals surface area contributed by atoms with E-state index in [1.807, 2.05) is 24.3 Å². The minimum atomic E-state index is -0.438. The maximum absolute atomic E-state index is 11.2. The first-order chi connectivity index (χ1) is 11.1. The molecule has 2 aromatic carbocycles. The Hall–Kier alpha value is -2.86. The van der Waals surface area contributed by atoms with E-state index in [9.17, 15) is 4.79 Å². The Morgan fingerprint density at radius 3 is 2.83 bits per heavy atom. The maximum atomic E-state index is 11.2. The monoisotopic (exact) mass is 327 g/mol. The van der Waals surface area contributed by atoms with Gasteiger partial charge in [-0.2, -0.15) is 5.10 Å². The van der Waals surface area contributed by atoms with Gasteiger partial charge in [0.1, 0.15) is 12.7 Å². The molecular weight excluding hydrogens is 314 g/mol. The van der Waals surface area contributed by atoms with Crippen molar-refractivity contribution in [1.29, 1.82) is 0 Å². The topological polar surface area (TPSA) is 85.8 Å². The van der Waals surface area contributed by atoms with Crippen molar-refractivity contribution >= 4 is 23.2 Å². The highest BCUT2D eigenvalue weighted by atomic mass is 35.5. The van der Waals surface area contributed by atoms with E-state index in [0.717, 1.165) is 16.9 Å². The molecule has 0 radical (unpaired) electrons. The molecule has 3 N–H and O–H groups in total. The second kappa shape index (κ2) is 6.50. The summed E-state index contributed by atoms with van der Waals surface area (Å²) in [7, 11) is 0. The standard InChI is InChI=1S/C16H14ClN5O/c17-14-7-13(4-5-15(14)22-10-19-9-21-22)20-8-11-2-1-3-12(6-11)16(18)23/h1-7,9-10,20H,8H2,(H2,18,23). The Kier molecular flexibility index (Phi) is 4.25. The molecule has 0 aliphatic carbocycles. The van der Waals surface area contributed by atoms with E-state index in [1.54, 1.807) is 29.2 Å². The molecule has 1 heterocycles. The van der Waals surface area contributed by atoms with Gasteiger partial charge in [-0.1, -0.05) is 23.7 Å². The third-order valence-corrected chi connectivity index (χ3v) is 3.62. The van der Waals surface area contributed by atoms with Gasteiger partial charge < -0.3 is 11.1 Å². The Bertz CT molecular complexity index is 832. The number of nitrogens with one attached hydrogen (secondary N) is 1. The van der Waals surface area contributed by atoms with Crippen LogP contribution in [0.3, 0.4) is 0 Å². The zero-order valence-electron chi connectivity index (χ0n) is 12.1. The van der Waals surface area contributed by atoms with Gasteiger partial charge in [0.2, 0.25) is 5.91 Å². The molecule has 0 spiro atoms. The Labute approximate surface area is 137 Å². The average Bonchev–Trinajstić information content (AvgIpc) is 3.07. The van der Waals surface area contributed by atoms with Gasteiger partial charge in [0.05, 0.1) is 10.7 Å². The first-order valence-corrected chi connectivity index (χ1v) is 7.28. The summed E-state index contributed by atoms with van der Waals surface area (Å²) >= 11 is 6.28. The van der Waals surface area contributed by atoms with Crippen LogP contribution in [0.25, 0.3) is 5.69 Å². The lowest BCUT2D eigenvalue weighted by atomic mass is 10.1. The SMILES string of the molecule is NC(=O)c1cccc(CNc2ccc(-n3cncn3)c(Cl)c2)c1. The first kappa shape index (κ1) is 15.1. The van der Waals surface area contributed by atoms with E-state index in [-0.39, 0.29) is 0 Å². The van der Waals surface area contributed by atoms with Gasteiger partial charge in [0, 0.05) is 17.8 Å². The highest BCUT2D eigenvalue weighted by Gasteiger charge is 2.05. The maximum Gasteiger partial charge on any atom is 0.248 e. The van der Waals surface area contributed by atoms with E-state index < -0.39 is 5.91 Å². The van der Waals surface area contributed by atoms with Crippen molar-refractivity contribution in [2.75, 3.05) is 5.32 Å². The quantitative estimate of drug-likeness (QED) is 0.754. The first-order valence-electron chi connectivity index (χ1n) is 6.90. The molecule has 0 unspecified atom stereocenters. The highest BCUT2D eigenvalue weighted by molar-refractivity contribution is 6.32. The Morgan fingerprint density at radius 2 is 2.13 bits per heavy atom. The van der Waals surface area contributed by atoms with E-state index in [1.165, 1.54) is 6.33 Å². The number of hydrogen-bond acceptors (Lipinski definition) is 4. The van der Waals surface area contributed by atoms with E-state index in [4.69, 9.17) is 17.3 Å². The van der Waals surface area contributed by atoms with Gasteiger partial charge in [-0.15, -0.1) is 0 Å². The molecule has 1 amide bonds. The Morgan fingerprint density at radius 1 is 1.26 bits per heavy atom. The van der Waals surface area contributed by atoms with Crippen LogP contribution in [0.1, 0.15) is 15.9 Å². The van der Waals surface area contributed by atoms with Gasteiger partial charge in [0.15, 0.2) is 0 Å². The molecule has 6 nitrogen and oxygen atoms in total. The smallest absolute Gasteiger partial charge is 0.248 e. The van der Waals surface area contributed by atoms with E-state index in [0.29, 0.717) is 17.1 Å². The van der Waals surface area contributed by atoms with Crippen LogP contribution in [0.15, 0.2) is 55.1 Å². The number of nitrogens with zero attached hydrogens (tertiary/aromatic N) is 3. The van der Waals surface area contributed by atoms with Crippen LogP contribution in [-0.2, 0) is 6.54 Å². The summed E-state index contributed by atoms with van der Waals surface area (Å²) in [6.07, 6.45) is 3.04. The van der Waals surface area contributed by atoms with Crippen molar-refractivity contribution in [3.05, 3.63) is 71.3 Å². The number of anilines is 1. The van der Waals surface area contributed by atoms with Crippen molar-refractivity contribution in [3.8, 4) is 5.69 Å². The predicted molar refractivity (Wildman–Crippen MR) is 88.7 cm³/mol. The fraction of sp³-hybridized carbons (Fsp3) is 0.0625. The van der Waals surface area contributed by atoms with Crippen molar-refractivity contribution in [3.63, 3.8) is 0 Å². The zero-order valence-corrected chi connectivity index (χ0v) is 12.9. The molecule has 0 aliphatic rings. The lowest BCUT2D eigenvalue weighted by Gasteiger charge is -2.10. The van der Waals surface area contributed by atoms with Gasteiger partial charge in [-0.3, -0.25) is 4.79 Å². The molecule has 0 saturated carbocycles. The molecule has 3 aromatic rings. The average molecular weight is 328 g/mol. The predicted octanol–water partition coefficient (Wildman–Crippen LogP) is 2.63. The summed E-state index contributed by atoms with van der Waals surface area (Å²) in [6.45, 7) is 0.556. The summed E-state index contributed by atoms with van der Waals surface area (Å²) in [5, 5.41) is 7.87. The lowest BCUT2D eigenvalue weighted by molar-refractivity contribution is 0.1000. The second-order valence-electron chi connectivity index (χ2n) is 4.92. The van der Waals surface area contributed by atoms with Crippen LogP contribution in [0.4, 0.5) is 5.69 Å². The van der Waals surface area contributed by atoms with Crippen molar-refractivity contribution in [1.82, 2.24) is 14.8 Å². The number of halogens is 1. The summed E-state index contributed by atoms with van der Waals surface area (Å²) in [5.74, 6) is -0.438. The minimum absolute atomic E-state index is 0.438. The molecular formula is C16H14ClN5O. The van der Waals surface area contributed by atoms with Crippen LogP contribution in [-0.4, -0.2) is 20.7 Å². The molecule has 0 bridgehead atoms. The molecule has 116 valence electrons. The van der Waals surface area contributed by atoms with Crippen LogP contribution >= 0.6 is 11.6 Å². The van der Waals surface area contributed by atoms with Gasteiger partial charge in [0.25, 0.3) is 0 Å². The third-order valence-electron chi connectivity index (χ3n) is 3.32. The molecule has 7 heteroatoms. The summed E-state index contributed by atoms with van der Waals surface area (Å²) in [6, 6.07) is 12.8. The summed E-state index contributed by atoms with van der Waals surface area (Å²) < 4.78 is 1.60. The van der Waals surface area contributed by atoms with Crippen LogP contribution in [0.5, 0.6) is 0 Å². The summed E-state index contributed by atoms with van der Waals surface area (Å²) in [5.41, 5.74) is 8.35. The summed E-state index contributed by atoms with van der Waals surface area (Å²) in [4.78, 5) is 15.1.